The SMILES string of the molecule is CC1(C)OC(=O)C(=Cc2cccc(C(F)(F)F)c2I)C(=O)O1. The van der Waals surface area contributed by atoms with E-state index in [1.807, 2.05) is 0 Å². The lowest BCUT2D eigenvalue weighted by molar-refractivity contribution is -0.222. The fourth-order valence-corrected chi connectivity index (χ4v) is 2.64. The van der Waals surface area contributed by atoms with Crippen LogP contribution in [0.5, 0.6) is 0 Å². The summed E-state index contributed by atoms with van der Waals surface area (Å²) in [4.78, 5) is 23.6. The molecule has 0 saturated carbocycles. The first-order valence-electron chi connectivity index (χ1n) is 6.05. The van der Waals surface area contributed by atoms with Crippen LogP contribution in [0.3, 0.4) is 0 Å². The van der Waals surface area contributed by atoms with E-state index in [0.29, 0.717) is 0 Å². The Morgan fingerprint density at radius 3 is 2.18 bits per heavy atom. The van der Waals surface area contributed by atoms with Crippen molar-refractivity contribution < 1.29 is 32.2 Å². The zero-order valence-corrected chi connectivity index (χ0v) is 13.6. The minimum atomic E-state index is -4.53. The van der Waals surface area contributed by atoms with Crippen LogP contribution in [0.15, 0.2) is 23.8 Å². The quantitative estimate of drug-likeness (QED) is 0.299. The fourth-order valence-electron chi connectivity index (χ4n) is 1.81. The number of rotatable bonds is 1. The number of halogens is 4. The first-order chi connectivity index (χ1) is 10.0. The summed E-state index contributed by atoms with van der Waals surface area (Å²) in [5, 5.41) is 0. The van der Waals surface area contributed by atoms with Crippen molar-refractivity contribution >= 4 is 40.6 Å². The Morgan fingerprint density at radius 2 is 1.68 bits per heavy atom. The Bertz CT molecular complexity index is 655. The molecule has 0 spiro atoms. The van der Waals surface area contributed by atoms with Crippen LogP contribution in [0.4, 0.5) is 13.2 Å². The molecule has 22 heavy (non-hydrogen) atoms. The van der Waals surface area contributed by atoms with Gasteiger partial charge in [0.1, 0.15) is 5.57 Å². The number of hydrogen-bond acceptors (Lipinski definition) is 4. The second kappa shape index (κ2) is 5.56. The molecule has 0 atom stereocenters. The van der Waals surface area contributed by atoms with Crippen molar-refractivity contribution in [1.82, 2.24) is 0 Å². The number of ether oxygens (including phenoxy) is 2. The van der Waals surface area contributed by atoms with Crippen molar-refractivity contribution in [2.45, 2.75) is 25.8 Å². The van der Waals surface area contributed by atoms with Gasteiger partial charge in [-0.25, -0.2) is 9.59 Å². The van der Waals surface area contributed by atoms with E-state index in [0.717, 1.165) is 12.1 Å². The van der Waals surface area contributed by atoms with Gasteiger partial charge in [-0.2, -0.15) is 13.2 Å². The smallest absolute Gasteiger partial charge is 0.417 e. The van der Waals surface area contributed by atoms with Gasteiger partial charge in [-0.15, -0.1) is 0 Å². The first-order valence-corrected chi connectivity index (χ1v) is 7.13. The summed E-state index contributed by atoms with van der Waals surface area (Å²) in [5.41, 5.74) is -1.21. The average Bonchev–Trinajstić information content (AvgIpc) is 2.32. The minimum absolute atomic E-state index is 0.0824. The maximum Gasteiger partial charge on any atom is 0.417 e. The van der Waals surface area contributed by atoms with Gasteiger partial charge in [0, 0.05) is 17.4 Å². The summed E-state index contributed by atoms with van der Waals surface area (Å²) >= 11 is 1.51. The standard InChI is InChI=1S/C14H10F3IO4/c1-13(2)21-11(19)8(12(20)22-13)6-7-4-3-5-9(10(7)18)14(15,16)17/h3-6H,1-2H3. The summed E-state index contributed by atoms with van der Waals surface area (Å²) in [5.74, 6) is -3.27. The van der Waals surface area contributed by atoms with E-state index >= 15 is 0 Å². The molecule has 4 nitrogen and oxygen atoms in total. The molecular formula is C14H10F3IO4. The van der Waals surface area contributed by atoms with Crippen LogP contribution >= 0.6 is 22.6 Å². The van der Waals surface area contributed by atoms with E-state index in [9.17, 15) is 22.8 Å². The van der Waals surface area contributed by atoms with Gasteiger partial charge in [0.05, 0.1) is 5.56 Å². The summed E-state index contributed by atoms with van der Waals surface area (Å²) in [7, 11) is 0. The van der Waals surface area contributed by atoms with Gasteiger partial charge < -0.3 is 9.47 Å². The summed E-state index contributed by atoms with van der Waals surface area (Å²) < 4.78 is 48.2. The van der Waals surface area contributed by atoms with Crippen LogP contribution in [0, 0.1) is 3.57 Å². The van der Waals surface area contributed by atoms with E-state index < -0.39 is 35.0 Å². The molecule has 1 aliphatic heterocycles. The van der Waals surface area contributed by atoms with E-state index in [1.54, 1.807) is 0 Å². The van der Waals surface area contributed by atoms with Crippen molar-refractivity contribution in [2.75, 3.05) is 0 Å². The van der Waals surface area contributed by atoms with E-state index in [4.69, 9.17) is 9.47 Å². The number of alkyl halides is 3. The Morgan fingerprint density at radius 1 is 1.14 bits per heavy atom. The molecule has 1 aliphatic rings. The molecule has 1 fully saturated rings. The topological polar surface area (TPSA) is 52.6 Å². The molecule has 1 aromatic rings. The highest BCUT2D eigenvalue weighted by atomic mass is 127. The van der Waals surface area contributed by atoms with Gasteiger partial charge in [-0.3, -0.25) is 0 Å². The predicted molar refractivity (Wildman–Crippen MR) is 78.4 cm³/mol. The Kier molecular flexibility index (Phi) is 4.24. The molecule has 2 rings (SSSR count). The summed E-state index contributed by atoms with van der Waals surface area (Å²) in [6.07, 6.45) is -3.49. The van der Waals surface area contributed by atoms with Crippen LogP contribution in [-0.4, -0.2) is 17.7 Å². The van der Waals surface area contributed by atoms with Crippen LogP contribution in [0.25, 0.3) is 6.08 Å². The molecule has 1 heterocycles. The van der Waals surface area contributed by atoms with Gasteiger partial charge in [-0.1, -0.05) is 12.1 Å². The minimum Gasteiger partial charge on any atom is -0.419 e. The van der Waals surface area contributed by atoms with E-state index in [2.05, 4.69) is 0 Å². The monoisotopic (exact) mass is 426 g/mol. The molecule has 8 heteroatoms. The molecule has 0 unspecified atom stereocenters. The number of cyclic esters (lactones) is 2. The summed E-state index contributed by atoms with van der Waals surface area (Å²) in [6, 6.07) is 3.48. The zero-order valence-electron chi connectivity index (χ0n) is 11.5. The number of carbonyl (C=O) groups is 2. The average molecular weight is 426 g/mol. The maximum atomic E-state index is 12.9. The van der Waals surface area contributed by atoms with Crippen molar-refractivity contribution in [2.24, 2.45) is 0 Å². The molecule has 0 N–H and O–H groups in total. The fraction of sp³-hybridized carbons (Fsp3) is 0.286. The lowest BCUT2D eigenvalue weighted by atomic mass is 10.1. The number of benzene rings is 1. The van der Waals surface area contributed by atoms with Crippen molar-refractivity contribution in [3.8, 4) is 0 Å². The van der Waals surface area contributed by atoms with Gasteiger partial charge in [0.2, 0.25) is 0 Å². The third kappa shape index (κ3) is 3.42. The Labute approximate surface area is 137 Å². The van der Waals surface area contributed by atoms with Gasteiger partial charge in [-0.05, 0) is 40.3 Å². The molecule has 0 aromatic heterocycles. The van der Waals surface area contributed by atoms with Crippen LogP contribution in [0.2, 0.25) is 0 Å². The van der Waals surface area contributed by atoms with Crippen LogP contribution in [0.1, 0.15) is 25.0 Å². The predicted octanol–water partition coefficient (Wildman–Crippen LogP) is 3.53. The highest BCUT2D eigenvalue weighted by Gasteiger charge is 2.39. The Balaban J connectivity index is 2.46. The third-order valence-electron chi connectivity index (χ3n) is 2.75. The largest absolute Gasteiger partial charge is 0.419 e. The lowest BCUT2D eigenvalue weighted by Gasteiger charge is -2.29. The first kappa shape index (κ1) is 16.8. The highest BCUT2D eigenvalue weighted by molar-refractivity contribution is 14.1. The molecule has 0 bridgehead atoms. The highest BCUT2D eigenvalue weighted by Crippen LogP contribution is 2.35. The second-order valence-corrected chi connectivity index (χ2v) is 6.02. The summed E-state index contributed by atoms with van der Waals surface area (Å²) in [6.45, 7) is 2.77. The number of carbonyl (C=O) groups excluding carboxylic acids is 2. The van der Waals surface area contributed by atoms with Crippen LogP contribution in [-0.2, 0) is 25.2 Å². The van der Waals surface area contributed by atoms with Crippen molar-refractivity contribution in [3.05, 3.63) is 38.5 Å². The Hall–Kier alpha value is -1.58. The van der Waals surface area contributed by atoms with Gasteiger partial charge in [0.25, 0.3) is 5.79 Å². The molecule has 1 saturated heterocycles. The molecule has 1 aromatic carbocycles. The molecular weight excluding hydrogens is 416 g/mol. The van der Waals surface area contributed by atoms with Crippen molar-refractivity contribution in [3.63, 3.8) is 0 Å². The third-order valence-corrected chi connectivity index (χ3v) is 3.95. The zero-order chi connectivity index (χ0) is 16.7. The van der Waals surface area contributed by atoms with Crippen molar-refractivity contribution in [1.29, 1.82) is 0 Å². The molecule has 0 radical (unpaired) electrons. The molecule has 0 aliphatic carbocycles. The van der Waals surface area contributed by atoms with Gasteiger partial charge >= 0.3 is 18.1 Å². The lowest BCUT2D eigenvalue weighted by Crippen LogP contribution is -2.41. The number of hydrogen-bond donors (Lipinski definition) is 0. The van der Waals surface area contributed by atoms with E-state index in [-0.39, 0.29) is 9.13 Å². The van der Waals surface area contributed by atoms with Gasteiger partial charge in [0.15, 0.2) is 0 Å². The van der Waals surface area contributed by atoms with E-state index in [1.165, 1.54) is 48.6 Å². The number of esters is 2. The maximum absolute atomic E-state index is 12.9. The normalized spacial score (nSPS) is 17.8. The molecule has 118 valence electrons. The molecule has 0 amide bonds. The van der Waals surface area contributed by atoms with Crippen LogP contribution < -0.4 is 0 Å². The second-order valence-electron chi connectivity index (χ2n) is 4.94.